The Bertz CT molecular complexity index is 411. The van der Waals surface area contributed by atoms with Gasteiger partial charge in [-0.1, -0.05) is 12.8 Å². The molecule has 0 saturated heterocycles. The van der Waals surface area contributed by atoms with E-state index < -0.39 is 5.60 Å². The Morgan fingerprint density at radius 2 is 2.05 bits per heavy atom. The van der Waals surface area contributed by atoms with Gasteiger partial charge in [-0.3, -0.25) is 4.98 Å². The highest BCUT2D eigenvalue weighted by Gasteiger charge is 2.36. The highest BCUT2D eigenvalue weighted by molar-refractivity contribution is 5.22. The molecule has 1 aromatic rings. The van der Waals surface area contributed by atoms with Gasteiger partial charge in [-0.2, -0.15) is 0 Å². The second kappa shape index (κ2) is 5.91. The molecule has 1 fully saturated rings. The minimum Gasteiger partial charge on any atom is -0.492 e. The summed E-state index contributed by atoms with van der Waals surface area (Å²) in [5.74, 6) is 1.60. The lowest BCUT2D eigenvalue weighted by Crippen LogP contribution is -2.40. The minimum atomic E-state index is -0.612. The first-order chi connectivity index (χ1) is 8.97. The predicted molar refractivity (Wildman–Crippen MR) is 76.2 cm³/mol. The van der Waals surface area contributed by atoms with Crippen molar-refractivity contribution in [2.45, 2.75) is 52.1 Å². The second-order valence-electron chi connectivity index (χ2n) is 6.31. The van der Waals surface area contributed by atoms with Crippen molar-refractivity contribution in [3.63, 3.8) is 0 Å². The summed E-state index contributed by atoms with van der Waals surface area (Å²) in [5.41, 5.74) is 0.499. The first kappa shape index (κ1) is 14.3. The highest BCUT2D eigenvalue weighted by atomic mass is 16.5. The molecule has 1 aliphatic rings. The quantitative estimate of drug-likeness (QED) is 0.906. The van der Waals surface area contributed by atoms with Crippen LogP contribution in [0.3, 0.4) is 0 Å². The summed E-state index contributed by atoms with van der Waals surface area (Å²) >= 11 is 0. The molecular formula is C16H25NO2. The number of aromatic nitrogens is 1. The molecule has 0 amide bonds. The summed E-state index contributed by atoms with van der Waals surface area (Å²) in [6.07, 6.45) is 8.29. The molecule has 1 heterocycles. The molecule has 19 heavy (non-hydrogen) atoms. The molecule has 1 aromatic heterocycles. The zero-order valence-electron chi connectivity index (χ0n) is 12.2. The predicted octanol–water partition coefficient (Wildman–Crippen LogP) is 3.35. The molecule has 2 unspecified atom stereocenters. The maximum absolute atomic E-state index is 10.3. The van der Waals surface area contributed by atoms with E-state index in [9.17, 15) is 5.11 Å². The van der Waals surface area contributed by atoms with E-state index in [-0.39, 0.29) is 0 Å². The van der Waals surface area contributed by atoms with E-state index in [1.54, 1.807) is 6.20 Å². The van der Waals surface area contributed by atoms with Crippen LogP contribution in [0.2, 0.25) is 0 Å². The Balaban J connectivity index is 1.97. The maximum Gasteiger partial charge on any atom is 0.137 e. The topological polar surface area (TPSA) is 42.4 Å². The fourth-order valence-corrected chi connectivity index (χ4v) is 3.15. The Morgan fingerprint density at radius 3 is 2.74 bits per heavy atom. The normalized spacial score (nSPS) is 24.2. The molecular weight excluding hydrogens is 238 g/mol. The van der Waals surface area contributed by atoms with Crippen LogP contribution in [0.4, 0.5) is 0 Å². The number of aryl methyl sites for hydroxylation is 1. The Kier molecular flexibility index (Phi) is 4.46. The van der Waals surface area contributed by atoms with Gasteiger partial charge in [0.1, 0.15) is 5.75 Å². The number of hydrogen-bond acceptors (Lipinski definition) is 3. The lowest BCUT2D eigenvalue weighted by molar-refractivity contribution is -0.0378. The Labute approximate surface area is 116 Å². The van der Waals surface area contributed by atoms with Crippen molar-refractivity contribution in [3.05, 3.63) is 24.0 Å². The lowest BCUT2D eigenvalue weighted by atomic mass is 9.72. The molecule has 0 bridgehead atoms. The van der Waals surface area contributed by atoms with E-state index >= 15 is 0 Å². The number of rotatable bonds is 4. The maximum atomic E-state index is 10.3. The van der Waals surface area contributed by atoms with Crippen molar-refractivity contribution in [1.82, 2.24) is 4.98 Å². The number of nitrogens with zero attached hydrogens (tertiary/aromatic N) is 1. The first-order valence-corrected chi connectivity index (χ1v) is 7.23. The van der Waals surface area contributed by atoms with Crippen molar-refractivity contribution in [1.29, 1.82) is 0 Å². The van der Waals surface area contributed by atoms with E-state index in [0.29, 0.717) is 18.4 Å². The van der Waals surface area contributed by atoms with Gasteiger partial charge < -0.3 is 9.84 Å². The summed E-state index contributed by atoms with van der Waals surface area (Å²) in [6.45, 7) is 6.54. The molecule has 0 radical (unpaired) electrons. The van der Waals surface area contributed by atoms with Crippen molar-refractivity contribution >= 4 is 0 Å². The number of aliphatic hydroxyl groups is 1. The van der Waals surface area contributed by atoms with E-state index in [1.165, 1.54) is 12.8 Å². The van der Waals surface area contributed by atoms with Crippen LogP contribution in [-0.4, -0.2) is 22.3 Å². The summed E-state index contributed by atoms with van der Waals surface area (Å²) in [5, 5.41) is 10.3. The molecule has 2 atom stereocenters. The van der Waals surface area contributed by atoms with E-state index in [1.807, 2.05) is 33.0 Å². The number of hydrogen-bond donors (Lipinski definition) is 1. The van der Waals surface area contributed by atoms with Crippen LogP contribution in [-0.2, 0) is 0 Å². The van der Waals surface area contributed by atoms with Gasteiger partial charge in [0.15, 0.2) is 0 Å². The average Bonchev–Trinajstić information content (AvgIpc) is 2.36. The van der Waals surface area contributed by atoms with Crippen molar-refractivity contribution in [2.75, 3.05) is 6.61 Å². The molecule has 0 spiro atoms. The van der Waals surface area contributed by atoms with E-state index in [2.05, 4.69) is 4.98 Å². The van der Waals surface area contributed by atoms with E-state index in [4.69, 9.17) is 4.74 Å². The van der Waals surface area contributed by atoms with Crippen LogP contribution in [0, 0.1) is 18.8 Å². The SMILES string of the molecule is Cc1cncc(OCC2CCCCC2C(C)(C)O)c1. The largest absolute Gasteiger partial charge is 0.492 e. The van der Waals surface area contributed by atoms with Crippen LogP contribution in [0.25, 0.3) is 0 Å². The monoisotopic (exact) mass is 263 g/mol. The molecule has 3 nitrogen and oxygen atoms in total. The number of pyridine rings is 1. The van der Waals surface area contributed by atoms with Gasteiger partial charge >= 0.3 is 0 Å². The molecule has 1 aliphatic carbocycles. The molecule has 3 heteroatoms. The summed E-state index contributed by atoms with van der Waals surface area (Å²) in [7, 11) is 0. The number of ether oxygens (including phenoxy) is 1. The smallest absolute Gasteiger partial charge is 0.137 e. The highest BCUT2D eigenvalue weighted by Crippen LogP contribution is 2.37. The fourth-order valence-electron chi connectivity index (χ4n) is 3.15. The fraction of sp³-hybridized carbons (Fsp3) is 0.688. The van der Waals surface area contributed by atoms with Crippen molar-refractivity contribution in [3.8, 4) is 5.75 Å². The van der Waals surface area contributed by atoms with Gasteiger partial charge in [-0.25, -0.2) is 0 Å². The summed E-state index contributed by atoms with van der Waals surface area (Å²) < 4.78 is 5.88. The van der Waals surface area contributed by atoms with Crippen LogP contribution in [0.5, 0.6) is 5.75 Å². The lowest BCUT2D eigenvalue weighted by Gasteiger charge is -2.39. The van der Waals surface area contributed by atoms with Crippen LogP contribution >= 0.6 is 0 Å². The zero-order chi connectivity index (χ0) is 13.9. The standard InChI is InChI=1S/C16H25NO2/c1-12-8-14(10-17-9-12)19-11-13-6-4-5-7-15(13)16(2,3)18/h8-10,13,15,18H,4-7,11H2,1-3H3. The van der Waals surface area contributed by atoms with Gasteiger partial charge in [0.05, 0.1) is 18.4 Å². The molecule has 0 aromatic carbocycles. The molecule has 1 saturated carbocycles. The van der Waals surface area contributed by atoms with Crippen molar-refractivity contribution < 1.29 is 9.84 Å². The molecule has 106 valence electrons. The Hall–Kier alpha value is -1.09. The van der Waals surface area contributed by atoms with Gasteiger partial charge in [0, 0.05) is 6.20 Å². The van der Waals surface area contributed by atoms with Gasteiger partial charge in [0.25, 0.3) is 0 Å². The zero-order valence-corrected chi connectivity index (χ0v) is 12.2. The Morgan fingerprint density at radius 1 is 1.32 bits per heavy atom. The van der Waals surface area contributed by atoms with Gasteiger partial charge in [0.2, 0.25) is 0 Å². The third kappa shape index (κ3) is 3.93. The van der Waals surface area contributed by atoms with Crippen LogP contribution in [0.1, 0.15) is 45.1 Å². The third-order valence-corrected chi connectivity index (χ3v) is 4.13. The molecule has 1 N–H and O–H groups in total. The summed E-state index contributed by atoms with van der Waals surface area (Å²) in [6, 6.07) is 2.01. The van der Waals surface area contributed by atoms with Gasteiger partial charge in [-0.15, -0.1) is 0 Å². The second-order valence-corrected chi connectivity index (χ2v) is 6.31. The van der Waals surface area contributed by atoms with E-state index in [0.717, 1.165) is 24.2 Å². The third-order valence-electron chi connectivity index (χ3n) is 4.13. The molecule has 2 rings (SSSR count). The summed E-state index contributed by atoms with van der Waals surface area (Å²) in [4.78, 5) is 4.14. The average molecular weight is 263 g/mol. The van der Waals surface area contributed by atoms with Gasteiger partial charge in [-0.05, 0) is 57.1 Å². The molecule has 0 aliphatic heterocycles. The van der Waals surface area contributed by atoms with Crippen LogP contribution in [0.15, 0.2) is 18.5 Å². The van der Waals surface area contributed by atoms with Crippen LogP contribution < -0.4 is 4.74 Å². The first-order valence-electron chi connectivity index (χ1n) is 7.23. The van der Waals surface area contributed by atoms with Crippen molar-refractivity contribution in [2.24, 2.45) is 11.8 Å². The minimum absolute atomic E-state index is 0.332.